The van der Waals surface area contributed by atoms with Crippen molar-refractivity contribution in [3.8, 4) is 22.3 Å². The third kappa shape index (κ3) is 13.3. The Morgan fingerprint density at radius 1 is 0.189 bits per heavy atom. The van der Waals surface area contributed by atoms with Gasteiger partial charge in [0, 0.05) is 68.2 Å². The first-order valence-corrected chi connectivity index (χ1v) is 39.4. The molecular weight excluding hydrogens is 1340 g/mol. The first kappa shape index (κ1) is 71.6. The van der Waals surface area contributed by atoms with Crippen LogP contribution in [0.1, 0.15) is 90.1 Å². The van der Waals surface area contributed by atoms with Crippen molar-refractivity contribution in [1.82, 2.24) is 0 Å². The second kappa shape index (κ2) is 29.3. The number of anilines is 12. The lowest BCUT2D eigenvalue weighted by Gasteiger charge is -2.44. The second-order valence-electron chi connectivity index (χ2n) is 33.2. The quantitative estimate of drug-likeness (QED) is 0.141. The maximum atomic E-state index is 2.45. The number of hydrogen-bond donors (Lipinski definition) is 0. The van der Waals surface area contributed by atoms with Gasteiger partial charge < -0.3 is 19.6 Å². The number of benzene rings is 15. The van der Waals surface area contributed by atoms with Gasteiger partial charge in [0.15, 0.2) is 0 Å². The predicted molar refractivity (Wildman–Crippen MR) is 481 cm³/mol. The van der Waals surface area contributed by atoms with E-state index in [0.717, 1.165) is 0 Å². The van der Waals surface area contributed by atoms with Crippen LogP contribution in [0.4, 0.5) is 68.2 Å². The molecule has 538 valence electrons. The molecule has 0 radical (unpaired) electrons. The molecule has 0 fully saturated rings. The highest BCUT2D eigenvalue weighted by Crippen LogP contribution is 2.46. The third-order valence-electron chi connectivity index (χ3n) is 23.1. The van der Waals surface area contributed by atoms with Gasteiger partial charge in [-0.25, -0.2) is 0 Å². The Labute approximate surface area is 659 Å². The Balaban J connectivity index is 0.000000122. The summed E-state index contributed by atoms with van der Waals surface area (Å²) >= 11 is 0. The highest BCUT2D eigenvalue weighted by molar-refractivity contribution is 7.01. The van der Waals surface area contributed by atoms with Crippen LogP contribution in [-0.2, 0) is 16.2 Å². The number of rotatable bonds is 8. The zero-order chi connectivity index (χ0) is 76.3. The Bertz CT molecular complexity index is 5730. The molecule has 7 heteroatoms. The fraction of sp³-hybridized carbons (Fsp3) is 0.135. The summed E-state index contributed by atoms with van der Waals surface area (Å²) in [6, 6.07) is 134. The van der Waals surface area contributed by atoms with E-state index in [9.17, 15) is 0 Å². The fourth-order valence-corrected chi connectivity index (χ4v) is 17.7. The molecule has 0 bridgehead atoms. The van der Waals surface area contributed by atoms with Gasteiger partial charge in [0.1, 0.15) is 0 Å². The third-order valence-corrected chi connectivity index (χ3v) is 23.1. The monoisotopic (exact) mass is 1430 g/mol. The summed E-state index contributed by atoms with van der Waals surface area (Å²) in [5.74, 6) is 0. The van der Waals surface area contributed by atoms with E-state index in [0.29, 0.717) is 0 Å². The van der Waals surface area contributed by atoms with Gasteiger partial charge in [-0.15, -0.1) is 0 Å². The molecule has 15 aromatic rings. The number of fused-ring (bicyclic) bond motifs is 8. The molecule has 0 aliphatic carbocycles. The number of aryl methyl sites for hydroxylation is 2. The van der Waals surface area contributed by atoms with Crippen LogP contribution in [0.3, 0.4) is 0 Å². The minimum atomic E-state index is 0.0640. The van der Waals surface area contributed by atoms with Crippen molar-refractivity contribution in [2.45, 2.75) is 92.4 Å². The van der Waals surface area contributed by atoms with Crippen LogP contribution >= 0.6 is 0 Å². The van der Waals surface area contributed by atoms with Crippen LogP contribution in [-0.4, -0.2) is 20.1 Å². The van der Waals surface area contributed by atoms with E-state index in [1.54, 1.807) is 0 Å². The van der Waals surface area contributed by atoms with E-state index in [4.69, 9.17) is 0 Å². The maximum Gasteiger partial charge on any atom is 0.252 e. The van der Waals surface area contributed by atoms with Gasteiger partial charge in [-0.2, -0.15) is 0 Å². The minimum absolute atomic E-state index is 0.0640. The number of hydrogen-bond acceptors (Lipinski definition) is 4. The Hall–Kier alpha value is -12.3. The summed E-state index contributed by atoms with van der Waals surface area (Å²) in [7, 11) is 0. The van der Waals surface area contributed by atoms with Crippen LogP contribution in [0.15, 0.2) is 364 Å². The van der Waals surface area contributed by atoms with E-state index in [1.807, 2.05) is 0 Å². The Morgan fingerprint density at radius 2 is 0.414 bits per heavy atom. The summed E-state index contributed by atoms with van der Waals surface area (Å²) in [5, 5.41) is 0. The first-order valence-electron chi connectivity index (χ1n) is 39.4. The lowest BCUT2D eigenvalue weighted by Crippen LogP contribution is -2.61. The molecule has 0 unspecified atom stereocenters. The predicted octanol–water partition coefficient (Wildman–Crippen LogP) is 21.6. The smallest absolute Gasteiger partial charge is 0.252 e. The summed E-state index contributed by atoms with van der Waals surface area (Å²) in [5.41, 5.74) is 39.1. The summed E-state index contributed by atoms with van der Waals surface area (Å²) < 4.78 is 0. The Kier molecular flexibility index (Phi) is 18.9. The van der Waals surface area contributed by atoms with Crippen molar-refractivity contribution in [3.63, 3.8) is 0 Å². The van der Waals surface area contributed by atoms with Gasteiger partial charge in [0.2, 0.25) is 13.4 Å². The van der Waals surface area contributed by atoms with E-state index in [2.05, 4.69) is 460 Å². The SMILES string of the molecule is CC(C)(C)c1ccc(N2c3ccccc3B(c3c(-c4ccccc4)cccc3-c3ccccc3)c3ccccc32)cc1.CC(C)(C)c1ccc(N2c3ccccc3B3c4ccccc4N(c4ccccc4)c4cccc2c43)cc1.Cc1cccc(C)c1B1c2ccccc2N(c2ccc(C(C)(C)C)cc2)c2ccccc21. The van der Waals surface area contributed by atoms with Crippen LogP contribution < -0.4 is 68.8 Å². The molecule has 0 N–H and O–H groups in total. The molecule has 0 spiro atoms. The van der Waals surface area contributed by atoms with Crippen molar-refractivity contribution in [1.29, 1.82) is 0 Å². The molecular formula is C104H93B3N4. The highest BCUT2D eigenvalue weighted by Gasteiger charge is 2.44. The van der Waals surface area contributed by atoms with Crippen LogP contribution in [0, 0.1) is 13.8 Å². The summed E-state index contributed by atoms with van der Waals surface area (Å²) in [6.45, 7) is 25.4. The average molecular weight is 1430 g/mol. The van der Waals surface area contributed by atoms with Gasteiger partial charge in [0.05, 0.1) is 0 Å². The van der Waals surface area contributed by atoms with E-state index in [-0.39, 0.29) is 36.4 Å². The average Bonchev–Trinajstić information content (AvgIpc) is 0.702. The van der Waals surface area contributed by atoms with Gasteiger partial charge in [-0.05, 0) is 204 Å². The standard InChI is InChI=1S/C40H34BN.C34H29BN2.C30H30BN/c1-40(2,3)31-25-27-32(28-26-31)42-37-23-12-10-21-35(37)41(36-22-11-13-24-38(36)42)39-33(29-15-6-4-7-16-29)19-14-20-34(39)30-17-8-5-9-18-30;1-34(2,3)24-20-22-26(23-21-24)37-30-17-10-8-15-28(30)35-27-14-7-9-16-29(27)36(25-12-5-4-6-13-25)31-18-11-19-32(37)33(31)35;1-21-11-10-12-22(2)29(21)31-25-13-6-8-15-27(25)32(28-16-9-7-14-26(28)31)24-19-17-23(18-20-24)30(3,4)5/h4-28H,1-3H3;4-23H,1-3H3;6-20H,1-5H3. The zero-order valence-electron chi connectivity index (χ0n) is 65.7. The molecule has 111 heavy (non-hydrogen) atoms. The maximum absolute atomic E-state index is 2.45. The molecule has 0 saturated carbocycles. The second-order valence-corrected chi connectivity index (χ2v) is 33.2. The lowest BCUT2D eigenvalue weighted by atomic mass is 9.33. The van der Waals surface area contributed by atoms with Crippen molar-refractivity contribution in [2.24, 2.45) is 0 Å². The normalized spacial score (nSPS) is 13.1. The Morgan fingerprint density at radius 3 is 0.721 bits per heavy atom. The van der Waals surface area contributed by atoms with Gasteiger partial charge >= 0.3 is 0 Å². The molecule has 0 aromatic heterocycles. The van der Waals surface area contributed by atoms with E-state index < -0.39 is 0 Å². The van der Waals surface area contributed by atoms with Gasteiger partial charge in [-0.3, -0.25) is 0 Å². The summed E-state index contributed by atoms with van der Waals surface area (Å²) in [4.78, 5) is 9.76. The fourth-order valence-electron chi connectivity index (χ4n) is 17.7. The van der Waals surface area contributed by atoms with Gasteiger partial charge in [0.25, 0.3) is 6.71 Å². The molecule has 4 nitrogen and oxygen atoms in total. The van der Waals surface area contributed by atoms with Crippen molar-refractivity contribution < 1.29 is 0 Å². The molecule has 4 aliphatic rings. The topological polar surface area (TPSA) is 13.0 Å². The first-order chi connectivity index (χ1) is 53.9. The van der Waals surface area contributed by atoms with Crippen molar-refractivity contribution >= 4 is 138 Å². The van der Waals surface area contributed by atoms with Crippen LogP contribution in [0.5, 0.6) is 0 Å². The molecule has 4 aliphatic heterocycles. The number of nitrogens with zero attached hydrogens (tertiary/aromatic N) is 4. The highest BCUT2D eigenvalue weighted by atomic mass is 15.2. The molecule has 15 aromatic carbocycles. The van der Waals surface area contributed by atoms with E-state index in [1.165, 1.54) is 167 Å². The zero-order valence-corrected chi connectivity index (χ0v) is 65.7. The van der Waals surface area contributed by atoms with Crippen LogP contribution in [0.2, 0.25) is 0 Å². The number of para-hydroxylation sites is 7. The van der Waals surface area contributed by atoms with E-state index >= 15 is 0 Å². The molecule has 0 saturated heterocycles. The molecule has 4 heterocycles. The minimum Gasteiger partial charge on any atom is -0.312 e. The van der Waals surface area contributed by atoms with Gasteiger partial charge in [-0.1, -0.05) is 351 Å². The van der Waals surface area contributed by atoms with Crippen molar-refractivity contribution in [3.05, 3.63) is 392 Å². The largest absolute Gasteiger partial charge is 0.312 e. The molecule has 19 rings (SSSR count). The molecule has 0 atom stereocenters. The van der Waals surface area contributed by atoms with Crippen molar-refractivity contribution in [2.75, 3.05) is 19.6 Å². The van der Waals surface area contributed by atoms with Crippen LogP contribution in [0.25, 0.3) is 22.3 Å². The lowest BCUT2D eigenvalue weighted by molar-refractivity contribution is 0.590. The summed E-state index contributed by atoms with van der Waals surface area (Å²) in [6.07, 6.45) is 0. The molecule has 0 amide bonds.